The van der Waals surface area contributed by atoms with Crippen molar-refractivity contribution in [1.82, 2.24) is 9.13 Å². The number of hydrogen-bond acceptors (Lipinski definition) is 3. The van der Waals surface area contributed by atoms with E-state index in [1.807, 2.05) is 0 Å². The lowest BCUT2D eigenvalue weighted by Crippen LogP contribution is -2.22. The Hall–Kier alpha value is -1.72. The fraction of sp³-hybridized carbons (Fsp3) is 0.429. The van der Waals surface area contributed by atoms with Gasteiger partial charge in [0.1, 0.15) is 0 Å². The van der Waals surface area contributed by atoms with Crippen molar-refractivity contribution in [2.75, 3.05) is 0 Å². The van der Waals surface area contributed by atoms with Gasteiger partial charge in [0.2, 0.25) is 5.88 Å². The molecule has 0 amide bonds. The molecule has 0 aliphatic rings. The van der Waals surface area contributed by atoms with E-state index in [4.69, 9.17) is 10.2 Å². The Labute approximate surface area is 73.7 Å². The topological polar surface area (TPSA) is 84.5 Å². The van der Waals surface area contributed by atoms with Gasteiger partial charge in [-0.05, 0) is 0 Å². The number of aliphatic carboxylic acids is 1. The molecule has 1 aromatic rings. The first kappa shape index (κ1) is 9.37. The summed E-state index contributed by atoms with van der Waals surface area (Å²) >= 11 is 0. The molecule has 2 N–H and O–H groups in total. The molecule has 6 nitrogen and oxygen atoms in total. The highest BCUT2D eigenvalue weighted by molar-refractivity contribution is 5.66. The van der Waals surface area contributed by atoms with Gasteiger partial charge in [-0.2, -0.15) is 0 Å². The molecule has 1 heterocycles. The van der Waals surface area contributed by atoms with Gasteiger partial charge in [0.05, 0.1) is 12.6 Å². The Morgan fingerprint density at radius 3 is 2.62 bits per heavy atom. The van der Waals surface area contributed by atoms with Crippen molar-refractivity contribution < 1.29 is 15.0 Å². The van der Waals surface area contributed by atoms with Crippen LogP contribution in [0, 0.1) is 0 Å². The van der Waals surface area contributed by atoms with E-state index in [1.54, 1.807) is 0 Å². The number of carboxylic acids is 1. The van der Waals surface area contributed by atoms with Crippen LogP contribution in [0.25, 0.3) is 0 Å². The first-order valence-corrected chi connectivity index (χ1v) is 3.69. The second-order valence-electron chi connectivity index (χ2n) is 2.67. The van der Waals surface area contributed by atoms with Gasteiger partial charge in [-0.25, -0.2) is 4.79 Å². The van der Waals surface area contributed by atoms with Crippen LogP contribution in [-0.4, -0.2) is 25.3 Å². The average Bonchev–Trinajstić information content (AvgIpc) is 2.29. The molecule has 0 bridgehead atoms. The summed E-state index contributed by atoms with van der Waals surface area (Å²) in [6.07, 6.45) is 1.08. The van der Waals surface area contributed by atoms with Gasteiger partial charge in [0.25, 0.3) is 0 Å². The molecule has 0 aromatic carbocycles. The molecule has 6 heteroatoms. The first-order valence-electron chi connectivity index (χ1n) is 3.69. The number of rotatable bonds is 3. The monoisotopic (exact) mass is 186 g/mol. The number of imidazole rings is 1. The van der Waals surface area contributed by atoms with Crippen molar-refractivity contribution in [3.8, 4) is 5.88 Å². The fourth-order valence-electron chi connectivity index (χ4n) is 0.948. The van der Waals surface area contributed by atoms with Gasteiger partial charge >= 0.3 is 11.7 Å². The Morgan fingerprint density at radius 1 is 1.62 bits per heavy atom. The van der Waals surface area contributed by atoms with Gasteiger partial charge in [0.15, 0.2) is 0 Å². The normalized spacial score (nSPS) is 10.2. The van der Waals surface area contributed by atoms with Gasteiger partial charge in [-0.3, -0.25) is 13.9 Å². The van der Waals surface area contributed by atoms with E-state index in [2.05, 4.69) is 0 Å². The minimum Gasteiger partial charge on any atom is -0.493 e. The molecule has 0 saturated heterocycles. The van der Waals surface area contributed by atoms with E-state index in [9.17, 15) is 9.59 Å². The maximum absolute atomic E-state index is 11.2. The second kappa shape index (κ2) is 3.34. The van der Waals surface area contributed by atoms with Crippen molar-refractivity contribution in [3.63, 3.8) is 0 Å². The third-order valence-corrected chi connectivity index (χ3v) is 1.71. The highest BCUT2D eigenvalue weighted by Crippen LogP contribution is 2.02. The van der Waals surface area contributed by atoms with E-state index in [1.165, 1.54) is 13.2 Å². The smallest absolute Gasteiger partial charge is 0.330 e. The second-order valence-corrected chi connectivity index (χ2v) is 2.67. The van der Waals surface area contributed by atoms with Crippen molar-refractivity contribution in [3.05, 3.63) is 16.7 Å². The van der Waals surface area contributed by atoms with Gasteiger partial charge in [0, 0.05) is 13.6 Å². The molecule has 0 radical (unpaired) electrons. The van der Waals surface area contributed by atoms with E-state index < -0.39 is 11.7 Å². The van der Waals surface area contributed by atoms with Crippen LogP contribution in [-0.2, 0) is 18.4 Å². The largest absolute Gasteiger partial charge is 0.493 e. The maximum atomic E-state index is 11.2. The minimum absolute atomic E-state index is 0.0720. The van der Waals surface area contributed by atoms with Gasteiger partial charge in [-0.15, -0.1) is 0 Å². The average molecular weight is 186 g/mol. The zero-order chi connectivity index (χ0) is 10.0. The highest BCUT2D eigenvalue weighted by atomic mass is 16.4. The van der Waals surface area contributed by atoms with Crippen LogP contribution in [0.5, 0.6) is 5.88 Å². The summed E-state index contributed by atoms with van der Waals surface area (Å²) in [7, 11) is 1.41. The molecule has 0 atom stereocenters. The standard InChI is InChI=1S/C7H10N2O4/c1-8-5(10)4-9(7(8)13)3-2-6(11)12/h4,10H,2-3H2,1H3,(H,11,12). The molecular weight excluding hydrogens is 176 g/mol. The Morgan fingerprint density at radius 2 is 2.23 bits per heavy atom. The molecular formula is C7H10N2O4. The maximum Gasteiger partial charge on any atom is 0.330 e. The molecule has 0 spiro atoms. The summed E-state index contributed by atoms with van der Waals surface area (Å²) in [4.78, 5) is 21.4. The highest BCUT2D eigenvalue weighted by Gasteiger charge is 2.07. The molecule has 0 aliphatic carbocycles. The third kappa shape index (κ3) is 1.90. The van der Waals surface area contributed by atoms with E-state index in [0.717, 1.165) is 9.13 Å². The summed E-state index contributed by atoms with van der Waals surface area (Å²) in [5.41, 5.74) is -0.418. The minimum atomic E-state index is -0.977. The van der Waals surface area contributed by atoms with Crippen LogP contribution in [0.15, 0.2) is 11.0 Å². The first-order chi connectivity index (χ1) is 6.02. The van der Waals surface area contributed by atoms with Crippen molar-refractivity contribution in [2.24, 2.45) is 7.05 Å². The molecule has 13 heavy (non-hydrogen) atoms. The van der Waals surface area contributed by atoms with E-state index in [-0.39, 0.29) is 18.8 Å². The third-order valence-electron chi connectivity index (χ3n) is 1.71. The number of aromatic nitrogens is 2. The van der Waals surface area contributed by atoms with Crippen LogP contribution in [0.3, 0.4) is 0 Å². The number of carbonyl (C=O) groups is 1. The zero-order valence-corrected chi connectivity index (χ0v) is 7.10. The van der Waals surface area contributed by atoms with Crippen LogP contribution < -0.4 is 5.69 Å². The van der Waals surface area contributed by atoms with Crippen molar-refractivity contribution in [1.29, 1.82) is 0 Å². The molecule has 0 fully saturated rings. The Balaban J connectivity index is 2.84. The quantitative estimate of drug-likeness (QED) is 0.658. The number of aryl methyl sites for hydroxylation is 1. The number of aromatic hydroxyl groups is 1. The molecule has 72 valence electrons. The van der Waals surface area contributed by atoms with Gasteiger partial charge in [-0.1, -0.05) is 0 Å². The van der Waals surface area contributed by atoms with Gasteiger partial charge < -0.3 is 10.2 Å². The predicted octanol–water partition coefficient (Wildman–Crippen LogP) is -0.633. The number of nitrogens with zero attached hydrogens (tertiary/aromatic N) is 2. The van der Waals surface area contributed by atoms with Crippen LogP contribution in [0.4, 0.5) is 0 Å². The van der Waals surface area contributed by atoms with Crippen LogP contribution in [0.1, 0.15) is 6.42 Å². The lowest BCUT2D eigenvalue weighted by molar-refractivity contribution is -0.137. The fourth-order valence-corrected chi connectivity index (χ4v) is 0.948. The molecule has 0 aliphatic heterocycles. The SMILES string of the molecule is Cn1c(O)cn(CCC(=O)O)c1=O. The molecule has 0 saturated carbocycles. The lowest BCUT2D eigenvalue weighted by Gasteiger charge is -1.95. The Kier molecular flexibility index (Phi) is 2.41. The summed E-state index contributed by atoms with van der Waals surface area (Å²) in [6.45, 7) is 0.0720. The zero-order valence-electron chi connectivity index (χ0n) is 7.10. The summed E-state index contributed by atoms with van der Waals surface area (Å²) in [5, 5.41) is 17.4. The van der Waals surface area contributed by atoms with Crippen LogP contribution >= 0.6 is 0 Å². The molecule has 1 aromatic heterocycles. The molecule has 0 unspecified atom stereocenters. The summed E-state index contributed by atoms with van der Waals surface area (Å²) < 4.78 is 2.20. The lowest BCUT2D eigenvalue weighted by atomic mass is 10.4. The van der Waals surface area contributed by atoms with Crippen molar-refractivity contribution >= 4 is 5.97 Å². The molecule has 1 rings (SSSR count). The predicted molar refractivity (Wildman–Crippen MR) is 43.6 cm³/mol. The number of carboxylic acid groups (broad SMARTS) is 1. The number of hydrogen-bond donors (Lipinski definition) is 2. The summed E-state index contributed by atoms with van der Waals surface area (Å²) in [6, 6.07) is 0. The Bertz CT molecular complexity index is 376. The van der Waals surface area contributed by atoms with E-state index >= 15 is 0 Å². The van der Waals surface area contributed by atoms with Crippen molar-refractivity contribution in [2.45, 2.75) is 13.0 Å². The van der Waals surface area contributed by atoms with Crippen LogP contribution in [0.2, 0.25) is 0 Å². The summed E-state index contributed by atoms with van der Waals surface area (Å²) in [5.74, 6) is -1.15. The van der Waals surface area contributed by atoms with E-state index in [0.29, 0.717) is 0 Å².